The van der Waals surface area contributed by atoms with Gasteiger partial charge in [-0.3, -0.25) is 0 Å². The van der Waals surface area contributed by atoms with E-state index in [9.17, 15) is 0 Å². The van der Waals surface area contributed by atoms with Gasteiger partial charge in [0.25, 0.3) is 0 Å². The van der Waals surface area contributed by atoms with Gasteiger partial charge < -0.3 is 14.8 Å². The molecule has 3 nitrogen and oxygen atoms in total. The van der Waals surface area contributed by atoms with Crippen LogP contribution in [0.3, 0.4) is 0 Å². The molecule has 0 aromatic heterocycles. The second-order valence-electron chi connectivity index (χ2n) is 3.96. The number of hydrogen-bond acceptors (Lipinski definition) is 3. The van der Waals surface area contributed by atoms with Gasteiger partial charge in [-0.15, -0.1) is 0 Å². The zero-order valence-electron chi connectivity index (χ0n) is 9.55. The molecule has 1 aromatic rings. The van der Waals surface area contributed by atoms with Crippen molar-refractivity contribution in [3.05, 3.63) is 22.7 Å². The Labute approximate surface area is 101 Å². The summed E-state index contributed by atoms with van der Waals surface area (Å²) in [5, 5.41) is 4.10. The standard InChI is InChI=1S/C12H16ClNO2/c1-3-14-8(2)4-9-5-11-12(6-10(9)13)16-7-15-11/h5-6,8,14H,3-4,7H2,1-2H3. The SMILES string of the molecule is CCNC(C)Cc1cc2c(cc1Cl)OCO2. The van der Waals surface area contributed by atoms with E-state index in [4.69, 9.17) is 21.1 Å². The minimum Gasteiger partial charge on any atom is -0.454 e. The molecule has 0 saturated heterocycles. The maximum atomic E-state index is 6.19. The molecule has 1 N–H and O–H groups in total. The monoisotopic (exact) mass is 241 g/mol. The third kappa shape index (κ3) is 2.42. The number of rotatable bonds is 4. The van der Waals surface area contributed by atoms with Crippen LogP contribution in [0.15, 0.2) is 12.1 Å². The Morgan fingerprint density at radius 3 is 2.75 bits per heavy atom. The van der Waals surface area contributed by atoms with Gasteiger partial charge in [-0.2, -0.15) is 0 Å². The van der Waals surface area contributed by atoms with Crippen molar-refractivity contribution in [2.75, 3.05) is 13.3 Å². The fraction of sp³-hybridized carbons (Fsp3) is 0.500. The predicted molar refractivity (Wildman–Crippen MR) is 64.4 cm³/mol. The van der Waals surface area contributed by atoms with Crippen molar-refractivity contribution in [2.24, 2.45) is 0 Å². The van der Waals surface area contributed by atoms with Crippen LogP contribution >= 0.6 is 11.6 Å². The van der Waals surface area contributed by atoms with E-state index in [1.807, 2.05) is 12.1 Å². The van der Waals surface area contributed by atoms with Gasteiger partial charge in [0.05, 0.1) is 0 Å². The minimum absolute atomic E-state index is 0.290. The molecule has 0 radical (unpaired) electrons. The summed E-state index contributed by atoms with van der Waals surface area (Å²) < 4.78 is 10.6. The largest absolute Gasteiger partial charge is 0.454 e. The highest BCUT2D eigenvalue weighted by atomic mass is 35.5. The van der Waals surface area contributed by atoms with Crippen molar-refractivity contribution in [3.63, 3.8) is 0 Å². The first kappa shape index (κ1) is 11.6. The van der Waals surface area contributed by atoms with Gasteiger partial charge >= 0.3 is 0 Å². The van der Waals surface area contributed by atoms with E-state index in [0.717, 1.165) is 35.1 Å². The lowest BCUT2D eigenvalue weighted by Gasteiger charge is -2.13. The summed E-state index contributed by atoms with van der Waals surface area (Å²) in [6, 6.07) is 4.21. The first-order valence-corrected chi connectivity index (χ1v) is 5.90. The summed E-state index contributed by atoms with van der Waals surface area (Å²) in [5.74, 6) is 1.54. The van der Waals surface area contributed by atoms with Gasteiger partial charge in [-0.1, -0.05) is 18.5 Å². The highest BCUT2D eigenvalue weighted by Crippen LogP contribution is 2.37. The molecule has 2 rings (SSSR count). The van der Waals surface area contributed by atoms with Crippen LogP contribution < -0.4 is 14.8 Å². The Morgan fingerprint density at radius 2 is 2.06 bits per heavy atom. The number of ether oxygens (including phenoxy) is 2. The molecule has 1 aliphatic heterocycles. The molecule has 16 heavy (non-hydrogen) atoms. The zero-order valence-corrected chi connectivity index (χ0v) is 10.3. The van der Waals surface area contributed by atoms with Gasteiger partial charge in [-0.25, -0.2) is 0 Å². The van der Waals surface area contributed by atoms with Gasteiger partial charge in [0.15, 0.2) is 11.5 Å². The average Bonchev–Trinajstić information content (AvgIpc) is 2.65. The van der Waals surface area contributed by atoms with E-state index >= 15 is 0 Å². The second kappa shape index (κ2) is 4.93. The molecule has 0 fully saturated rings. The van der Waals surface area contributed by atoms with E-state index in [-0.39, 0.29) is 6.79 Å². The fourth-order valence-electron chi connectivity index (χ4n) is 1.87. The van der Waals surface area contributed by atoms with Crippen LogP contribution in [0, 0.1) is 0 Å². The predicted octanol–water partition coefficient (Wildman–Crippen LogP) is 2.61. The Hall–Kier alpha value is -0.930. The first-order valence-electron chi connectivity index (χ1n) is 5.52. The van der Waals surface area contributed by atoms with E-state index in [0.29, 0.717) is 6.04 Å². The Balaban J connectivity index is 2.15. The van der Waals surface area contributed by atoms with Crippen LogP contribution in [-0.2, 0) is 6.42 Å². The lowest BCUT2D eigenvalue weighted by molar-refractivity contribution is 0.174. The summed E-state index contributed by atoms with van der Waals surface area (Å²) in [5.41, 5.74) is 1.10. The van der Waals surface area contributed by atoms with Crippen LogP contribution in [0.5, 0.6) is 11.5 Å². The van der Waals surface area contributed by atoms with Crippen molar-refractivity contribution >= 4 is 11.6 Å². The quantitative estimate of drug-likeness (QED) is 0.879. The van der Waals surface area contributed by atoms with Crippen LogP contribution in [-0.4, -0.2) is 19.4 Å². The lowest BCUT2D eigenvalue weighted by atomic mass is 10.1. The summed E-state index contributed by atoms with van der Waals surface area (Å²) in [7, 11) is 0. The third-order valence-electron chi connectivity index (χ3n) is 2.62. The van der Waals surface area contributed by atoms with Crippen molar-refractivity contribution in [1.82, 2.24) is 5.32 Å². The number of benzene rings is 1. The molecule has 1 aromatic carbocycles. The summed E-state index contributed by atoms with van der Waals surface area (Å²) >= 11 is 6.19. The highest BCUT2D eigenvalue weighted by Gasteiger charge is 2.17. The van der Waals surface area contributed by atoms with Crippen LogP contribution in [0.2, 0.25) is 5.02 Å². The van der Waals surface area contributed by atoms with E-state index in [1.54, 1.807) is 0 Å². The highest BCUT2D eigenvalue weighted by molar-refractivity contribution is 6.31. The smallest absolute Gasteiger partial charge is 0.231 e. The van der Waals surface area contributed by atoms with E-state index in [1.165, 1.54) is 0 Å². The molecular weight excluding hydrogens is 226 g/mol. The molecule has 0 bridgehead atoms. The molecule has 0 saturated carbocycles. The molecule has 1 unspecified atom stereocenters. The summed E-state index contributed by atoms with van der Waals surface area (Å²) in [6.45, 7) is 5.49. The molecule has 1 aliphatic rings. The van der Waals surface area contributed by atoms with Crippen molar-refractivity contribution in [1.29, 1.82) is 0 Å². The summed E-state index contributed by atoms with van der Waals surface area (Å²) in [6.07, 6.45) is 0.892. The normalized spacial score (nSPS) is 15.2. The van der Waals surface area contributed by atoms with Gasteiger partial charge in [-0.05, 0) is 31.5 Å². The lowest BCUT2D eigenvalue weighted by Crippen LogP contribution is -2.27. The molecule has 1 heterocycles. The number of fused-ring (bicyclic) bond motifs is 1. The van der Waals surface area contributed by atoms with Crippen molar-refractivity contribution < 1.29 is 9.47 Å². The van der Waals surface area contributed by atoms with Crippen molar-refractivity contribution in [3.8, 4) is 11.5 Å². The fourth-order valence-corrected chi connectivity index (χ4v) is 2.10. The van der Waals surface area contributed by atoms with Crippen LogP contribution in [0.25, 0.3) is 0 Å². The van der Waals surface area contributed by atoms with Gasteiger partial charge in [0, 0.05) is 17.1 Å². The Kier molecular flexibility index (Phi) is 3.56. The maximum Gasteiger partial charge on any atom is 0.231 e. The van der Waals surface area contributed by atoms with Crippen LogP contribution in [0.1, 0.15) is 19.4 Å². The van der Waals surface area contributed by atoms with Crippen LogP contribution in [0.4, 0.5) is 0 Å². The van der Waals surface area contributed by atoms with Crippen molar-refractivity contribution in [2.45, 2.75) is 26.3 Å². The Morgan fingerprint density at radius 1 is 1.38 bits per heavy atom. The molecule has 4 heteroatoms. The number of nitrogens with one attached hydrogen (secondary N) is 1. The van der Waals surface area contributed by atoms with Gasteiger partial charge in [0.1, 0.15) is 0 Å². The van der Waals surface area contributed by atoms with E-state index in [2.05, 4.69) is 19.2 Å². The average molecular weight is 242 g/mol. The number of likely N-dealkylation sites (N-methyl/N-ethyl adjacent to an activating group) is 1. The van der Waals surface area contributed by atoms with Gasteiger partial charge in [0.2, 0.25) is 6.79 Å². The van der Waals surface area contributed by atoms with E-state index < -0.39 is 0 Å². The minimum atomic E-state index is 0.290. The second-order valence-corrected chi connectivity index (χ2v) is 4.37. The molecule has 0 aliphatic carbocycles. The third-order valence-corrected chi connectivity index (χ3v) is 2.97. The number of hydrogen-bond donors (Lipinski definition) is 1. The first-order chi connectivity index (χ1) is 7.70. The number of halogens is 1. The maximum absolute atomic E-state index is 6.19. The topological polar surface area (TPSA) is 30.5 Å². The molecule has 88 valence electrons. The molecule has 0 amide bonds. The Bertz CT molecular complexity index is 382. The molecule has 1 atom stereocenters. The molecular formula is C12H16ClNO2. The zero-order chi connectivity index (χ0) is 11.5. The summed E-state index contributed by atoms with van der Waals surface area (Å²) in [4.78, 5) is 0. The molecule has 0 spiro atoms.